The first kappa shape index (κ1) is 24.9. The Hall–Kier alpha value is -3.23. The molecule has 2 aliphatic heterocycles. The lowest BCUT2D eigenvalue weighted by Gasteiger charge is -2.40. The standard InChI is InChI=1S/C26H26ClN3O4S/c1-15-13-26(2,3)29(4)21-12-20(27)16(10-19(15)21)11-22-24(32)30(25(33)35-22)14-23(31)28-17-6-8-18(34-5)9-7-17/h6-13H,14H2,1-5H3,(H,28,31)/b22-11+. The van der Waals surface area contributed by atoms with Gasteiger partial charge in [-0.15, -0.1) is 0 Å². The Morgan fingerprint density at radius 3 is 2.54 bits per heavy atom. The highest BCUT2D eigenvalue weighted by Gasteiger charge is 2.37. The summed E-state index contributed by atoms with van der Waals surface area (Å²) in [5.74, 6) is -0.345. The van der Waals surface area contributed by atoms with E-state index in [1.807, 2.05) is 26.1 Å². The second-order valence-corrected chi connectivity index (χ2v) is 10.4. The van der Waals surface area contributed by atoms with E-state index >= 15 is 0 Å². The molecule has 35 heavy (non-hydrogen) atoms. The predicted molar refractivity (Wildman–Crippen MR) is 142 cm³/mol. The molecule has 0 bridgehead atoms. The number of rotatable bonds is 5. The van der Waals surface area contributed by atoms with Crippen LogP contribution in [-0.4, -0.2) is 48.2 Å². The van der Waals surface area contributed by atoms with Gasteiger partial charge >= 0.3 is 0 Å². The summed E-state index contributed by atoms with van der Waals surface area (Å²) in [7, 11) is 3.56. The van der Waals surface area contributed by atoms with Crippen LogP contribution in [0, 0.1) is 0 Å². The van der Waals surface area contributed by atoms with Gasteiger partial charge in [-0.25, -0.2) is 0 Å². The third-order valence-electron chi connectivity index (χ3n) is 6.17. The van der Waals surface area contributed by atoms with E-state index in [-0.39, 0.29) is 17.0 Å². The van der Waals surface area contributed by atoms with Gasteiger partial charge in [0.1, 0.15) is 12.3 Å². The number of anilines is 2. The number of fused-ring (bicyclic) bond motifs is 1. The van der Waals surface area contributed by atoms with Crippen LogP contribution < -0.4 is 15.0 Å². The van der Waals surface area contributed by atoms with Crippen molar-refractivity contribution < 1.29 is 19.1 Å². The number of carbonyl (C=O) groups is 3. The van der Waals surface area contributed by atoms with Gasteiger partial charge in [0.05, 0.1) is 17.6 Å². The smallest absolute Gasteiger partial charge is 0.294 e. The highest BCUT2D eigenvalue weighted by Crippen LogP contribution is 2.42. The monoisotopic (exact) mass is 511 g/mol. The molecule has 3 amide bonds. The van der Waals surface area contributed by atoms with E-state index in [1.165, 1.54) is 0 Å². The zero-order valence-corrected chi connectivity index (χ0v) is 21.7. The number of thioether (sulfide) groups is 1. The van der Waals surface area contributed by atoms with Crippen LogP contribution in [0.1, 0.15) is 31.9 Å². The molecular formula is C26H26ClN3O4S. The Balaban J connectivity index is 1.53. The Kier molecular flexibility index (Phi) is 6.71. The fourth-order valence-corrected chi connectivity index (χ4v) is 5.14. The van der Waals surface area contributed by atoms with Crippen molar-refractivity contribution in [3.63, 3.8) is 0 Å². The number of nitrogens with one attached hydrogen (secondary N) is 1. The third kappa shape index (κ3) is 4.94. The van der Waals surface area contributed by atoms with Crippen LogP contribution in [0.15, 0.2) is 47.4 Å². The summed E-state index contributed by atoms with van der Waals surface area (Å²) < 4.78 is 5.10. The van der Waals surface area contributed by atoms with Crippen molar-refractivity contribution in [2.45, 2.75) is 26.3 Å². The largest absolute Gasteiger partial charge is 0.497 e. The number of likely N-dealkylation sites (N-methyl/N-ethyl adjacent to an activating group) is 1. The highest BCUT2D eigenvalue weighted by molar-refractivity contribution is 8.18. The zero-order chi connectivity index (χ0) is 25.5. The van der Waals surface area contributed by atoms with Crippen LogP contribution >= 0.6 is 23.4 Å². The Bertz CT molecular complexity index is 1280. The molecule has 1 fully saturated rings. The molecule has 0 unspecified atom stereocenters. The maximum absolute atomic E-state index is 13.0. The lowest BCUT2D eigenvalue weighted by Crippen LogP contribution is -2.42. The highest BCUT2D eigenvalue weighted by atomic mass is 35.5. The molecule has 182 valence electrons. The first-order chi connectivity index (χ1) is 16.5. The minimum atomic E-state index is -0.524. The molecule has 4 rings (SSSR count). The lowest BCUT2D eigenvalue weighted by atomic mass is 9.88. The van der Waals surface area contributed by atoms with Crippen molar-refractivity contribution in [1.29, 1.82) is 0 Å². The SMILES string of the molecule is COc1ccc(NC(=O)CN2C(=O)S/C(=C/c3cc4c(cc3Cl)N(C)C(C)(C)C=C4C)C2=O)cc1. The molecule has 1 saturated heterocycles. The third-order valence-corrected chi connectivity index (χ3v) is 7.41. The average molecular weight is 512 g/mol. The van der Waals surface area contributed by atoms with Gasteiger partial charge < -0.3 is 15.0 Å². The van der Waals surface area contributed by atoms with E-state index in [4.69, 9.17) is 16.3 Å². The first-order valence-electron chi connectivity index (χ1n) is 11.0. The molecule has 2 aliphatic rings. The topological polar surface area (TPSA) is 79.0 Å². The number of imide groups is 1. The molecule has 0 atom stereocenters. The molecule has 7 nitrogen and oxygen atoms in total. The second kappa shape index (κ2) is 9.43. The molecule has 1 N–H and O–H groups in total. The summed E-state index contributed by atoms with van der Waals surface area (Å²) in [6, 6.07) is 10.6. The summed E-state index contributed by atoms with van der Waals surface area (Å²) in [5.41, 5.74) is 4.14. The summed E-state index contributed by atoms with van der Waals surface area (Å²) in [6.45, 7) is 5.92. The minimum Gasteiger partial charge on any atom is -0.497 e. The van der Waals surface area contributed by atoms with E-state index in [2.05, 4.69) is 30.1 Å². The number of carbonyl (C=O) groups excluding carboxylic acids is 3. The number of amides is 3. The van der Waals surface area contributed by atoms with Crippen molar-refractivity contribution in [2.75, 3.05) is 30.9 Å². The number of ether oxygens (including phenoxy) is 1. The van der Waals surface area contributed by atoms with Crippen LogP contribution in [0.2, 0.25) is 5.02 Å². The van der Waals surface area contributed by atoms with Crippen LogP contribution in [0.5, 0.6) is 5.75 Å². The van der Waals surface area contributed by atoms with E-state index in [0.29, 0.717) is 22.0 Å². The molecule has 0 radical (unpaired) electrons. The maximum atomic E-state index is 13.0. The predicted octanol–water partition coefficient (Wildman–Crippen LogP) is 5.66. The van der Waals surface area contributed by atoms with Gasteiger partial charge in [0.25, 0.3) is 11.1 Å². The van der Waals surface area contributed by atoms with Crippen molar-refractivity contribution >= 4 is 63.4 Å². The quantitative estimate of drug-likeness (QED) is 0.522. The summed E-state index contributed by atoms with van der Waals surface area (Å²) in [6.07, 6.45) is 3.80. The molecule has 2 aromatic rings. The van der Waals surface area contributed by atoms with E-state index in [9.17, 15) is 14.4 Å². The van der Waals surface area contributed by atoms with Gasteiger partial charge in [-0.05, 0) is 86.1 Å². The zero-order valence-electron chi connectivity index (χ0n) is 20.1. The Morgan fingerprint density at radius 1 is 1.20 bits per heavy atom. The second-order valence-electron chi connectivity index (χ2n) is 8.98. The van der Waals surface area contributed by atoms with Crippen LogP contribution in [-0.2, 0) is 9.59 Å². The number of hydrogen-bond acceptors (Lipinski definition) is 6. The van der Waals surface area contributed by atoms with Gasteiger partial charge in [-0.2, -0.15) is 0 Å². The van der Waals surface area contributed by atoms with Crippen molar-refractivity contribution in [3.05, 3.63) is 63.5 Å². The van der Waals surface area contributed by atoms with Crippen molar-refractivity contribution in [1.82, 2.24) is 4.90 Å². The van der Waals surface area contributed by atoms with E-state index in [0.717, 1.165) is 33.5 Å². The normalized spacial score (nSPS) is 18.0. The van der Waals surface area contributed by atoms with E-state index in [1.54, 1.807) is 37.5 Å². The maximum Gasteiger partial charge on any atom is 0.294 e. The Morgan fingerprint density at radius 2 is 1.89 bits per heavy atom. The molecule has 9 heteroatoms. The van der Waals surface area contributed by atoms with Gasteiger partial charge in [0.15, 0.2) is 0 Å². The number of hydrogen-bond donors (Lipinski definition) is 1. The van der Waals surface area contributed by atoms with Gasteiger partial charge in [-0.1, -0.05) is 17.7 Å². The molecular weight excluding hydrogens is 486 g/mol. The summed E-state index contributed by atoms with van der Waals surface area (Å²) in [5, 5.41) is 2.66. The first-order valence-corrected chi connectivity index (χ1v) is 12.2. The van der Waals surface area contributed by atoms with Gasteiger partial charge in [0.2, 0.25) is 5.91 Å². The summed E-state index contributed by atoms with van der Waals surface area (Å²) >= 11 is 7.37. The molecule has 0 saturated carbocycles. The molecule has 0 aromatic heterocycles. The van der Waals surface area contributed by atoms with Crippen molar-refractivity contribution in [3.8, 4) is 5.75 Å². The average Bonchev–Trinajstić information content (AvgIpc) is 3.06. The molecule has 0 spiro atoms. The number of methoxy groups -OCH3 is 1. The van der Waals surface area contributed by atoms with Crippen molar-refractivity contribution in [2.24, 2.45) is 0 Å². The Labute approximate surface area is 213 Å². The number of nitrogens with zero attached hydrogens (tertiary/aromatic N) is 2. The minimum absolute atomic E-state index is 0.156. The molecule has 2 heterocycles. The number of benzene rings is 2. The number of halogens is 1. The molecule has 2 aromatic carbocycles. The van der Waals surface area contributed by atoms with Crippen LogP contribution in [0.4, 0.5) is 16.2 Å². The fourth-order valence-electron chi connectivity index (χ4n) is 4.09. The fraction of sp³-hybridized carbons (Fsp3) is 0.269. The van der Waals surface area contributed by atoms with Crippen LogP contribution in [0.25, 0.3) is 11.6 Å². The van der Waals surface area contributed by atoms with E-state index < -0.39 is 17.1 Å². The lowest BCUT2D eigenvalue weighted by molar-refractivity contribution is -0.127. The molecule has 0 aliphatic carbocycles. The van der Waals surface area contributed by atoms with Crippen LogP contribution in [0.3, 0.4) is 0 Å². The van der Waals surface area contributed by atoms with Gasteiger partial charge in [0, 0.05) is 29.0 Å². The number of allylic oxidation sites excluding steroid dienone is 1. The van der Waals surface area contributed by atoms with Gasteiger partial charge in [-0.3, -0.25) is 19.3 Å². The summed E-state index contributed by atoms with van der Waals surface area (Å²) in [4.78, 5) is 41.2.